The van der Waals surface area contributed by atoms with Crippen LogP contribution in [0.2, 0.25) is 0 Å². The van der Waals surface area contributed by atoms with Gasteiger partial charge in [-0.2, -0.15) is 5.26 Å². The average molecular weight is 287 g/mol. The number of nitrogens with one attached hydrogen (secondary N) is 1. The number of anilines is 1. The van der Waals surface area contributed by atoms with Crippen LogP contribution < -0.4 is 11.1 Å². The van der Waals surface area contributed by atoms with Crippen LogP contribution in [0.1, 0.15) is 48.5 Å². The Hall–Kier alpha value is -2.06. The van der Waals surface area contributed by atoms with Crippen molar-refractivity contribution < 1.29 is 9.53 Å². The Balaban J connectivity index is 2.14. The average Bonchev–Trinajstić information content (AvgIpc) is 2.50. The van der Waals surface area contributed by atoms with Gasteiger partial charge in [0.05, 0.1) is 23.4 Å². The van der Waals surface area contributed by atoms with Gasteiger partial charge in [-0.15, -0.1) is 0 Å². The van der Waals surface area contributed by atoms with Crippen LogP contribution in [0.3, 0.4) is 0 Å². The molecule has 21 heavy (non-hydrogen) atoms. The molecule has 0 unspecified atom stereocenters. The van der Waals surface area contributed by atoms with Crippen LogP contribution in [0, 0.1) is 11.3 Å². The summed E-state index contributed by atoms with van der Waals surface area (Å²) in [5.74, 6) is -0.365. The van der Waals surface area contributed by atoms with Gasteiger partial charge in [0.1, 0.15) is 6.07 Å². The molecule has 0 atom stereocenters. The highest BCUT2D eigenvalue weighted by atomic mass is 16.5. The van der Waals surface area contributed by atoms with E-state index in [2.05, 4.69) is 11.4 Å². The smallest absolute Gasteiger partial charge is 0.338 e. The molecule has 1 aromatic rings. The zero-order chi connectivity index (χ0) is 15.2. The minimum Gasteiger partial charge on any atom is -0.462 e. The number of nitrogens with two attached hydrogens (primary N) is 1. The molecule has 1 aromatic carbocycles. The van der Waals surface area contributed by atoms with E-state index in [1.54, 1.807) is 25.1 Å². The second kappa shape index (κ2) is 7.09. The van der Waals surface area contributed by atoms with E-state index in [9.17, 15) is 10.1 Å². The van der Waals surface area contributed by atoms with Gasteiger partial charge in [0.25, 0.3) is 0 Å². The second-order valence-corrected chi connectivity index (χ2v) is 5.35. The van der Waals surface area contributed by atoms with Gasteiger partial charge >= 0.3 is 5.97 Å². The highest BCUT2D eigenvalue weighted by Gasteiger charge is 2.20. The fraction of sp³-hybridized carbons (Fsp3) is 0.500. The van der Waals surface area contributed by atoms with E-state index in [-0.39, 0.29) is 12.0 Å². The van der Waals surface area contributed by atoms with Crippen molar-refractivity contribution in [1.29, 1.82) is 5.26 Å². The van der Waals surface area contributed by atoms with Crippen molar-refractivity contribution in [3.8, 4) is 6.07 Å². The number of benzene rings is 1. The van der Waals surface area contributed by atoms with Crippen molar-refractivity contribution in [2.24, 2.45) is 5.73 Å². The van der Waals surface area contributed by atoms with Crippen LogP contribution in [0.5, 0.6) is 0 Å². The third-order valence-electron chi connectivity index (χ3n) is 3.78. The molecule has 0 aromatic heterocycles. The second-order valence-electron chi connectivity index (χ2n) is 5.35. The Morgan fingerprint density at radius 2 is 2.14 bits per heavy atom. The standard InChI is InChI=1S/C16H21N3O2/c1-2-21-16(20)11-3-4-12(10-17)15(9-11)19-14-7-5-13(18)6-8-14/h3-4,9,13-14,19H,2,5-8,18H2,1H3/t13-,14-. The van der Waals surface area contributed by atoms with Crippen molar-refractivity contribution in [2.75, 3.05) is 11.9 Å². The molecule has 5 nitrogen and oxygen atoms in total. The summed E-state index contributed by atoms with van der Waals surface area (Å²) in [5, 5.41) is 12.6. The molecule has 2 rings (SSSR count). The summed E-state index contributed by atoms with van der Waals surface area (Å²) in [7, 11) is 0. The van der Waals surface area contributed by atoms with E-state index in [0.717, 1.165) is 25.7 Å². The van der Waals surface area contributed by atoms with Gasteiger partial charge < -0.3 is 15.8 Å². The van der Waals surface area contributed by atoms with Crippen LogP contribution >= 0.6 is 0 Å². The van der Waals surface area contributed by atoms with Crippen molar-refractivity contribution in [2.45, 2.75) is 44.7 Å². The zero-order valence-electron chi connectivity index (χ0n) is 12.3. The minimum absolute atomic E-state index is 0.282. The Labute approximate surface area is 125 Å². The van der Waals surface area contributed by atoms with Crippen molar-refractivity contribution >= 4 is 11.7 Å². The van der Waals surface area contributed by atoms with Crippen LogP contribution in [0.15, 0.2) is 18.2 Å². The van der Waals surface area contributed by atoms with E-state index >= 15 is 0 Å². The Bertz CT molecular complexity index is 543. The summed E-state index contributed by atoms with van der Waals surface area (Å²) in [4.78, 5) is 11.8. The lowest BCUT2D eigenvalue weighted by Crippen LogP contribution is -2.33. The van der Waals surface area contributed by atoms with Gasteiger partial charge in [-0.1, -0.05) is 0 Å². The quantitative estimate of drug-likeness (QED) is 0.830. The normalized spacial score (nSPS) is 21.4. The van der Waals surface area contributed by atoms with Crippen LogP contribution in [0.4, 0.5) is 5.69 Å². The summed E-state index contributed by atoms with van der Waals surface area (Å²) in [6.07, 6.45) is 3.93. The van der Waals surface area contributed by atoms with E-state index in [1.165, 1.54) is 0 Å². The number of ether oxygens (including phenoxy) is 1. The number of carbonyl (C=O) groups is 1. The van der Waals surface area contributed by atoms with Gasteiger partial charge in [-0.25, -0.2) is 4.79 Å². The van der Waals surface area contributed by atoms with Crippen molar-refractivity contribution in [1.82, 2.24) is 0 Å². The summed E-state index contributed by atoms with van der Waals surface area (Å²) in [6, 6.07) is 7.71. The molecule has 0 spiro atoms. The molecule has 1 aliphatic carbocycles. The fourth-order valence-corrected chi connectivity index (χ4v) is 2.59. The monoisotopic (exact) mass is 287 g/mol. The lowest BCUT2D eigenvalue weighted by molar-refractivity contribution is 0.0526. The van der Waals surface area contributed by atoms with Gasteiger partial charge in [0.15, 0.2) is 0 Å². The first-order valence-corrected chi connectivity index (χ1v) is 7.37. The molecule has 0 radical (unpaired) electrons. The minimum atomic E-state index is -0.365. The Morgan fingerprint density at radius 1 is 1.43 bits per heavy atom. The van der Waals surface area contributed by atoms with Crippen LogP contribution in [0.25, 0.3) is 0 Å². The molecule has 112 valence electrons. The van der Waals surface area contributed by atoms with Crippen LogP contribution in [-0.4, -0.2) is 24.7 Å². The van der Waals surface area contributed by atoms with E-state index < -0.39 is 0 Å². The summed E-state index contributed by atoms with van der Waals surface area (Å²) >= 11 is 0. The molecule has 0 heterocycles. The molecule has 0 saturated heterocycles. The van der Waals surface area contributed by atoms with Crippen LogP contribution in [-0.2, 0) is 4.74 Å². The first-order chi connectivity index (χ1) is 10.1. The SMILES string of the molecule is CCOC(=O)c1ccc(C#N)c(N[C@H]2CC[C@H](N)CC2)c1. The maximum absolute atomic E-state index is 11.8. The largest absolute Gasteiger partial charge is 0.462 e. The zero-order valence-corrected chi connectivity index (χ0v) is 12.3. The number of nitrogens with zero attached hydrogens (tertiary/aromatic N) is 1. The maximum Gasteiger partial charge on any atom is 0.338 e. The molecule has 0 aliphatic heterocycles. The van der Waals surface area contributed by atoms with E-state index in [1.807, 2.05) is 0 Å². The van der Waals surface area contributed by atoms with Gasteiger partial charge in [-0.3, -0.25) is 0 Å². The molecule has 5 heteroatoms. The number of esters is 1. The van der Waals surface area contributed by atoms with Crippen molar-refractivity contribution in [3.05, 3.63) is 29.3 Å². The van der Waals surface area contributed by atoms with Gasteiger partial charge in [0, 0.05) is 12.1 Å². The summed E-state index contributed by atoms with van der Waals surface area (Å²) in [6.45, 7) is 2.11. The first kappa shape index (κ1) is 15.3. The number of rotatable bonds is 4. The third kappa shape index (κ3) is 3.96. The van der Waals surface area contributed by atoms with E-state index in [0.29, 0.717) is 29.5 Å². The van der Waals surface area contributed by atoms with Crippen molar-refractivity contribution in [3.63, 3.8) is 0 Å². The highest BCUT2D eigenvalue weighted by Crippen LogP contribution is 2.24. The van der Waals surface area contributed by atoms with Gasteiger partial charge in [0.2, 0.25) is 0 Å². The number of hydrogen-bond acceptors (Lipinski definition) is 5. The Kier molecular flexibility index (Phi) is 5.18. The number of carbonyl (C=O) groups excluding carboxylic acids is 1. The molecular weight excluding hydrogens is 266 g/mol. The molecule has 1 fully saturated rings. The summed E-state index contributed by atoms with van der Waals surface area (Å²) in [5.41, 5.74) is 7.60. The topological polar surface area (TPSA) is 88.1 Å². The molecule has 1 saturated carbocycles. The number of hydrogen-bond donors (Lipinski definition) is 2. The summed E-state index contributed by atoms with van der Waals surface area (Å²) < 4.78 is 4.99. The molecule has 0 amide bonds. The lowest BCUT2D eigenvalue weighted by Gasteiger charge is -2.28. The number of nitriles is 1. The third-order valence-corrected chi connectivity index (χ3v) is 3.78. The first-order valence-electron chi connectivity index (χ1n) is 7.37. The Morgan fingerprint density at radius 3 is 2.76 bits per heavy atom. The molecular formula is C16H21N3O2. The fourth-order valence-electron chi connectivity index (χ4n) is 2.59. The van der Waals surface area contributed by atoms with Gasteiger partial charge in [-0.05, 0) is 50.8 Å². The molecule has 0 bridgehead atoms. The maximum atomic E-state index is 11.8. The van der Waals surface area contributed by atoms with E-state index in [4.69, 9.17) is 10.5 Å². The molecule has 3 N–H and O–H groups in total. The lowest BCUT2D eigenvalue weighted by atomic mass is 9.91. The molecule has 1 aliphatic rings. The predicted molar refractivity (Wildman–Crippen MR) is 81.0 cm³/mol. The highest BCUT2D eigenvalue weighted by molar-refractivity contribution is 5.91. The predicted octanol–water partition coefficient (Wildman–Crippen LogP) is 2.42.